The molecule has 4 heteroatoms. The van der Waals surface area contributed by atoms with Crippen molar-refractivity contribution in [3.8, 4) is 0 Å². The van der Waals surface area contributed by atoms with Gasteiger partial charge < -0.3 is 9.87 Å². The Morgan fingerprint density at radius 1 is 1.33 bits per heavy atom. The Morgan fingerprint density at radius 2 is 2.05 bits per heavy atom. The molecule has 0 fully saturated rings. The van der Waals surface area contributed by atoms with E-state index in [2.05, 4.69) is 24.0 Å². The molecule has 116 valence electrons. The standard InChI is InChI=1S/C17H25NO2S/c1-14(2)17(19)18-13-16(10-6-7-11-21-20)12-15-8-4-3-5-9-15/h3-5,8-9,16,20H,1,6-7,10-13H2,2H3,(H,18,19). The molecular weight excluding hydrogens is 282 g/mol. The Bertz CT molecular complexity index is 434. The zero-order valence-corrected chi connectivity index (χ0v) is 13.5. The number of benzene rings is 1. The largest absolute Gasteiger partial charge is 0.352 e. The first kappa shape index (κ1) is 17.8. The lowest BCUT2D eigenvalue weighted by Gasteiger charge is -2.18. The molecule has 1 amide bonds. The van der Waals surface area contributed by atoms with Gasteiger partial charge in [-0.3, -0.25) is 4.79 Å². The molecule has 0 heterocycles. The maximum atomic E-state index is 11.6. The smallest absolute Gasteiger partial charge is 0.246 e. The Hall–Kier alpha value is -1.26. The van der Waals surface area contributed by atoms with Crippen molar-refractivity contribution in [1.82, 2.24) is 5.32 Å². The van der Waals surface area contributed by atoms with Crippen molar-refractivity contribution in [2.45, 2.75) is 32.6 Å². The molecule has 0 radical (unpaired) electrons. The van der Waals surface area contributed by atoms with Gasteiger partial charge in [-0.1, -0.05) is 43.3 Å². The second kappa shape index (κ2) is 10.5. The minimum atomic E-state index is -0.0704. The Kier molecular flexibility index (Phi) is 8.87. The van der Waals surface area contributed by atoms with Crippen LogP contribution in [0, 0.1) is 5.92 Å². The maximum Gasteiger partial charge on any atom is 0.246 e. The molecule has 0 saturated heterocycles. The third-order valence-electron chi connectivity index (χ3n) is 3.40. The lowest BCUT2D eigenvalue weighted by Crippen LogP contribution is -2.30. The Labute approximate surface area is 132 Å². The lowest BCUT2D eigenvalue weighted by atomic mass is 9.94. The molecule has 0 aromatic heterocycles. The molecule has 1 atom stereocenters. The van der Waals surface area contributed by atoms with Crippen LogP contribution >= 0.6 is 12.0 Å². The summed E-state index contributed by atoms with van der Waals surface area (Å²) < 4.78 is 8.75. The average Bonchev–Trinajstić information content (AvgIpc) is 2.49. The van der Waals surface area contributed by atoms with Gasteiger partial charge in [0.2, 0.25) is 5.91 Å². The fourth-order valence-electron chi connectivity index (χ4n) is 2.21. The van der Waals surface area contributed by atoms with E-state index in [0.717, 1.165) is 43.5 Å². The van der Waals surface area contributed by atoms with Crippen LogP contribution in [0.2, 0.25) is 0 Å². The Morgan fingerprint density at radius 3 is 2.67 bits per heavy atom. The van der Waals surface area contributed by atoms with Crippen LogP contribution in [0.15, 0.2) is 42.5 Å². The highest BCUT2D eigenvalue weighted by atomic mass is 32.2. The summed E-state index contributed by atoms with van der Waals surface area (Å²) in [5.41, 5.74) is 1.84. The van der Waals surface area contributed by atoms with E-state index in [9.17, 15) is 4.79 Å². The number of carbonyl (C=O) groups is 1. The summed E-state index contributed by atoms with van der Waals surface area (Å²) >= 11 is 0.898. The number of hydrogen-bond donors (Lipinski definition) is 2. The molecular formula is C17H25NO2S. The van der Waals surface area contributed by atoms with Gasteiger partial charge in [-0.15, -0.1) is 0 Å². The molecule has 1 rings (SSSR count). The molecule has 1 unspecified atom stereocenters. The van der Waals surface area contributed by atoms with Crippen LogP contribution in [0.4, 0.5) is 0 Å². The number of unbranched alkanes of at least 4 members (excludes halogenated alkanes) is 1. The highest BCUT2D eigenvalue weighted by Crippen LogP contribution is 2.16. The predicted octanol–water partition coefficient (Wildman–Crippen LogP) is 3.91. The van der Waals surface area contributed by atoms with E-state index in [1.54, 1.807) is 6.92 Å². The molecule has 2 N–H and O–H groups in total. The Balaban J connectivity index is 2.48. The molecule has 1 aromatic rings. The van der Waals surface area contributed by atoms with Crippen LogP contribution in [0.25, 0.3) is 0 Å². The van der Waals surface area contributed by atoms with E-state index in [0.29, 0.717) is 18.0 Å². The molecule has 3 nitrogen and oxygen atoms in total. The highest BCUT2D eigenvalue weighted by molar-refractivity contribution is 7.93. The zero-order chi connectivity index (χ0) is 15.5. The van der Waals surface area contributed by atoms with Gasteiger partial charge >= 0.3 is 0 Å². The SMILES string of the molecule is C=C(C)C(=O)NCC(CCCCSO)Cc1ccccc1. The summed E-state index contributed by atoms with van der Waals surface area (Å²) in [6.45, 7) is 6.06. The molecule has 0 aliphatic rings. The van der Waals surface area contributed by atoms with Gasteiger partial charge in [0, 0.05) is 17.9 Å². The van der Waals surface area contributed by atoms with Gasteiger partial charge in [-0.05, 0) is 49.7 Å². The van der Waals surface area contributed by atoms with Crippen molar-refractivity contribution >= 4 is 17.9 Å². The number of rotatable bonds is 10. The molecule has 0 bridgehead atoms. The molecule has 0 spiro atoms. The van der Waals surface area contributed by atoms with E-state index >= 15 is 0 Å². The zero-order valence-electron chi connectivity index (χ0n) is 12.7. The van der Waals surface area contributed by atoms with Crippen LogP contribution in [0.1, 0.15) is 31.7 Å². The minimum Gasteiger partial charge on any atom is -0.352 e. The molecule has 0 aliphatic heterocycles. The van der Waals surface area contributed by atoms with Crippen molar-refractivity contribution in [1.29, 1.82) is 0 Å². The maximum absolute atomic E-state index is 11.6. The topological polar surface area (TPSA) is 49.3 Å². The van der Waals surface area contributed by atoms with E-state index in [1.807, 2.05) is 18.2 Å². The van der Waals surface area contributed by atoms with Crippen LogP contribution in [-0.4, -0.2) is 22.8 Å². The summed E-state index contributed by atoms with van der Waals surface area (Å²) in [6.07, 6.45) is 4.07. The van der Waals surface area contributed by atoms with E-state index in [4.69, 9.17) is 4.55 Å². The normalized spacial score (nSPS) is 11.9. The first-order valence-electron chi connectivity index (χ1n) is 7.37. The fourth-order valence-corrected chi connectivity index (χ4v) is 2.54. The first-order chi connectivity index (χ1) is 10.1. The number of amides is 1. The van der Waals surface area contributed by atoms with Crippen LogP contribution in [-0.2, 0) is 11.2 Å². The molecule has 0 saturated carbocycles. The van der Waals surface area contributed by atoms with Crippen LogP contribution in [0.5, 0.6) is 0 Å². The second-order valence-corrected chi connectivity index (χ2v) is 6.04. The minimum absolute atomic E-state index is 0.0704. The monoisotopic (exact) mass is 307 g/mol. The fraction of sp³-hybridized carbons (Fsp3) is 0.471. The van der Waals surface area contributed by atoms with Gasteiger partial charge in [0.05, 0.1) is 0 Å². The van der Waals surface area contributed by atoms with Crippen LogP contribution in [0.3, 0.4) is 0 Å². The molecule has 0 aliphatic carbocycles. The van der Waals surface area contributed by atoms with Gasteiger partial charge in [0.15, 0.2) is 0 Å². The summed E-state index contributed by atoms with van der Waals surface area (Å²) in [6, 6.07) is 10.3. The van der Waals surface area contributed by atoms with Crippen molar-refractivity contribution < 1.29 is 9.35 Å². The summed E-state index contributed by atoms with van der Waals surface area (Å²) in [5, 5.41) is 2.95. The van der Waals surface area contributed by atoms with E-state index in [-0.39, 0.29) is 5.91 Å². The highest BCUT2D eigenvalue weighted by Gasteiger charge is 2.11. The predicted molar refractivity (Wildman–Crippen MR) is 90.4 cm³/mol. The van der Waals surface area contributed by atoms with Gasteiger partial charge in [-0.25, -0.2) is 0 Å². The lowest BCUT2D eigenvalue weighted by molar-refractivity contribution is -0.117. The van der Waals surface area contributed by atoms with Crippen molar-refractivity contribution in [3.63, 3.8) is 0 Å². The summed E-state index contributed by atoms with van der Waals surface area (Å²) in [7, 11) is 0. The third-order valence-corrected chi connectivity index (χ3v) is 3.88. The molecule has 21 heavy (non-hydrogen) atoms. The summed E-state index contributed by atoms with van der Waals surface area (Å²) in [5.74, 6) is 1.12. The van der Waals surface area contributed by atoms with Gasteiger partial charge in [0.25, 0.3) is 0 Å². The van der Waals surface area contributed by atoms with E-state index < -0.39 is 0 Å². The first-order valence-corrected chi connectivity index (χ1v) is 8.31. The number of nitrogens with one attached hydrogen (secondary N) is 1. The number of hydrogen-bond acceptors (Lipinski definition) is 3. The van der Waals surface area contributed by atoms with Crippen LogP contribution < -0.4 is 5.32 Å². The average molecular weight is 307 g/mol. The van der Waals surface area contributed by atoms with Gasteiger partial charge in [-0.2, -0.15) is 0 Å². The van der Waals surface area contributed by atoms with Gasteiger partial charge in [0.1, 0.15) is 0 Å². The van der Waals surface area contributed by atoms with Crippen molar-refractivity contribution in [2.24, 2.45) is 5.92 Å². The number of carbonyl (C=O) groups excluding carboxylic acids is 1. The van der Waals surface area contributed by atoms with E-state index in [1.165, 1.54) is 5.56 Å². The third kappa shape index (κ3) is 7.93. The van der Waals surface area contributed by atoms with Crippen molar-refractivity contribution in [2.75, 3.05) is 12.3 Å². The second-order valence-electron chi connectivity index (χ2n) is 5.38. The molecule has 1 aromatic carbocycles. The quantitative estimate of drug-likeness (QED) is 0.391. The van der Waals surface area contributed by atoms with Crippen molar-refractivity contribution in [3.05, 3.63) is 48.0 Å². The summed E-state index contributed by atoms with van der Waals surface area (Å²) in [4.78, 5) is 11.6.